The van der Waals surface area contributed by atoms with Crippen molar-refractivity contribution < 1.29 is 9.47 Å². The first-order chi connectivity index (χ1) is 13.9. The molecule has 0 unspecified atom stereocenters. The summed E-state index contributed by atoms with van der Waals surface area (Å²) in [5.74, 6) is 2.25. The van der Waals surface area contributed by atoms with E-state index < -0.39 is 0 Å². The van der Waals surface area contributed by atoms with E-state index in [0.29, 0.717) is 18.5 Å². The fraction of sp³-hybridized carbons (Fsp3) is 0.565. The number of fused-ring (bicyclic) bond motifs is 3. The van der Waals surface area contributed by atoms with Crippen LogP contribution in [0, 0.1) is 0 Å². The van der Waals surface area contributed by atoms with E-state index in [4.69, 9.17) is 20.9 Å². The second kappa shape index (κ2) is 7.82. The third kappa shape index (κ3) is 3.78. The summed E-state index contributed by atoms with van der Waals surface area (Å²) in [5.41, 5.74) is 16.3. The summed E-state index contributed by atoms with van der Waals surface area (Å²) >= 11 is 0. The predicted octanol–water partition coefficient (Wildman–Crippen LogP) is 4.00. The van der Waals surface area contributed by atoms with Crippen LogP contribution < -0.4 is 20.9 Å². The number of nitrogens with zero attached hydrogens (tertiary/aromatic N) is 2. The SMILES string of the molecule is CCCOc1c(O[C@H]2CC[C@H](N)CC2)ccc2c1CC(C)(C)c1c(N)ncnc1-2. The van der Waals surface area contributed by atoms with Crippen LogP contribution in [0.25, 0.3) is 11.3 Å². The predicted molar refractivity (Wildman–Crippen MR) is 115 cm³/mol. The van der Waals surface area contributed by atoms with Crippen molar-refractivity contribution in [3.8, 4) is 22.8 Å². The van der Waals surface area contributed by atoms with Crippen LogP contribution in [0.1, 0.15) is 64.0 Å². The van der Waals surface area contributed by atoms with E-state index in [1.165, 1.54) is 0 Å². The lowest BCUT2D eigenvalue weighted by Gasteiger charge is -2.35. The maximum Gasteiger partial charge on any atom is 0.165 e. The monoisotopic (exact) mass is 396 g/mol. The number of ether oxygens (including phenoxy) is 2. The molecule has 1 fully saturated rings. The largest absolute Gasteiger partial charge is 0.489 e. The first-order valence-corrected chi connectivity index (χ1v) is 10.7. The molecule has 1 heterocycles. The van der Waals surface area contributed by atoms with Crippen LogP contribution in [-0.4, -0.2) is 28.7 Å². The second-order valence-corrected chi connectivity index (χ2v) is 8.97. The number of anilines is 1. The molecule has 4 N–H and O–H groups in total. The van der Waals surface area contributed by atoms with Crippen molar-refractivity contribution in [3.05, 3.63) is 29.6 Å². The molecule has 2 aliphatic rings. The molecule has 0 spiro atoms. The molecule has 0 amide bonds. The van der Waals surface area contributed by atoms with Gasteiger partial charge in [0, 0.05) is 22.7 Å². The van der Waals surface area contributed by atoms with Gasteiger partial charge in [0.25, 0.3) is 0 Å². The highest BCUT2D eigenvalue weighted by Crippen LogP contribution is 2.49. The molecule has 0 saturated heterocycles. The Balaban J connectivity index is 1.77. The molecule has 6 heteroatoms. The normalized spacial score (nSPS) is 22.5. The lowest BCUT2D eigenvalue weighted by molar-refractivity contribution is 0.139. The fourth-order valence-corrected chi connectivity index (χ4v) is 4.65. The summed E-state index contributed by atoms with van der Waals surface area (Å²) in [6, 6.07) is 4.42. The number of benzene rings is 1. The fourth-order valence-electron chi connectivity index (χ4n) is 4.65. The molecule has 0 aliphatic heterocycles. The lowest BCUT2D eigenvalue weighted by Crippen LogP contribution is -2.32. The van der Waals surface area contributed by atoms with Gasteiger partial charge >= 0.3 is 0 Å². The summed E-state index contributed by atoms with van der Waals surface area (Å²) < 4.78 is 12.7. The number of hydrogen-bond donors (Lipinski definition) is 2. The van der Waals surface area contributed by atoms with Gasteiger partial charge in [0.05, 0.1) is 18.4 Å². The quantitative estimate of drug-likeness (QED) is 0.793. The first-order valence-electron chi connectivity index (χ1n) is 10.7. The molecule has 4 rings (SSSR count). The molecule has 2 aromatic rings. The van der Waals surface area contributed by atoms with Gasteiger partial charge in [-0.1, -0.05) is 20.8 Å². The zero-order valence-electron chi connectivity index (χ0n) is 17.7. The van der Waals surface area contributed by atoms with E-state index in [1.54, 1.807) is 6.33 Å². The molecule has 29 heavy (non-hydrogen) atoms. The third-order valence-electron chi connectivity index (χ3n) is 6.11. The molecule has 0 atom stereocenters. The van der Waals surface area contributed by atoms with Gasteiger partial charge in [-0.3, -0.25) is 0 Å². The minimum atomic E-state index is -0.186. The van der Waals surface area contributed by atoms with Crippen molar-refractivity contribution >= 4 is 5.82 Å². The highest BCUT2D eigenvalue weighted by molar-refractivity contribution is 5.78. The Labute approximate surface area is 173 Å². The Bertz CT molecular complexity index is 889. The molecule has 1 aromatic heterocycles. The van der Waals surface area contributed by atoms with Crippen molar-refractivity contribution in [2.45, 2.75) is 76.9 Å². The Morgan fingerprint density at radius 2 is 1.90 bits per heavy atom. The Kier molecular flexibility index (Phi) is 5.38. The van der Waals surface area contributed by atoms with Gasteiger partial charge in [-0.2, -0.15) is 0 Å². The zero-order valence-corrected chi connectivity index (χ0v) is 17.7. The summed E-state index contributed by atoms with van der Waals surface area (Å²) in [6.45, 7) is 7.15. The number of hydrogen-bond acceptors (Lipinski definition) is 6. The standard InChI is InChI=1S/C23H32N4O2/c1-4-11-28-21-17-12-23(2,3)19-20(26-13-27-22(19)25)16(17)9-10-18(21)29-15-7-5-14(24)6-8-15/h9-10,13-15H,4-8,11-12,24H2,1-3H3,(H2,25,26,27)/t14-,15-. The molecule has 0 radical (unpaired) electrons. The average Bonchev–Trinajstić information content (AvgIpc) is 2.68. The third-order valence-corrected chi connectivity index (χ3v) is 6.11. The van der Waals surface area contributed by atoms with Gasteiger partial charge in [-0.15, -0.1) is 0 Å². The van der Waals surface area contributed by atoms with Crippen LogP contribution in [-0.2, 0) is 11.8 Å². The molecule has 156 valence electrons. The summed E-state index contributed by atoms with van der Waals surface area (Å²) in [5, 5.41) is 0. The first kappa shape index (κ1) is 20.0. The average molecular weight is 397 g/mol. The topological polar surface area (TPSA) is 96.3 Å². The van der Waals surface area contributed by atoms with E-state index in [0.717, 1.165) is 72.4 Å². The Morgan fingerprint density at radius 1 is 1.14 bits per heavy atom. The van der Waals surface area contributed by atoms with Crippen molar-refractivity contribution in [2.24, 2.45) is 5.73 Å². The maximum atomic E-state index is 6.44. The lowest BCUT2D eigenvalue weighted by atomic mass is 9.71. The van der Waals surface area contributed by atoms with Crippen molar-refractivity contribution in [2.75, 3.05) is 12.3 Å². The molecular weight excluding hydrogens is 364 g/mol. The Morgan fingerprint density at radius 3 is 2.62 bits per heavy atom. The smallest absolute Gasteiger partial charge is 0.165 e. The van der Waals surface area contributed by atoms with Gasteiger partial charge in [-0.25, -0.2) is 9.97 Å². The van der Waals surface area contributed by atoms with Crippen LogP contribution in [0.2, 0.25) is 0 Å². The highest BCUT2D eigenvalue weighted by atomic mass is 16.5. The number of nitrogen functional groups attached to an aromatic ring is 1. The van der Waals surface area contributed by atoms with E-state index in [9.17, 15) is 0 Å². The second-order valence-electron chi connectivity index (χ2n) is 8.97. The van der Waals surface area contributed by atoms with Crippen LogP contribution >= 0.6 is 0 Å². The molecule has 0 bridgehead atoms. The van der Waals surface area contributed by atoms with Crippen LogP contribution in [0.3, 0.4) is 0 Å². The summed E-state index contributed by atoms with van der Waals surface area (Å²) in [6.07, 6.45) is 7.48. The van der Waals surface area contributed by atoms with E-state index >= 15 is 0 Å². The van der Waals surface area contributed by atoms with Crippen LogP contribution in [0.15, 0.2) is 18.5 Å². The van der Waals surface area contributed by atoms with Gasteiger partial charge < -0.3 is 20.9 Å². The van der Waals surface area contributed by atoms with E-state index in [-0.39, 0.29) is 11.5 Å². The molecular formula is C23H32N4O2. The van der Waals surface area contributed by atoms with Crippen molar-refractivity contribution in [3.63, 3.8) is 0 Å². The van der Waals surface area contributed by atoms with Crippen molar-refractivity contribution in [1.29, 1.82) is 0 Å². The summed E-state index contributed by atoms with van der Waals surface area (Å²) in [7, 11) is 0. The van der Waals surface area contributed by atoms with Crippen LogP contribution in [0.5, 0.6) is 11.5 Å². The molecule has 1 saturated carbocycles. The molecule has 1 aromatic carbocycles. The highest BCUT2D eigenvalue weighted by Gasteiger charge is 2.37. The minimum absolute atomic E-state index is 0.186. The minimum Gasteiger partial charge on any atom is -0.489 e. The number of aromatic nitrogens is 2. The maximum absolute atomic E-state index is 6.44. The van der Waals surface area contributed by atoms with Gasteiger partial charge in [-0.05, 0) is 56.1 Å². The van der Waals surface area contributed by atoms with E-state index in [2.05, 4.69) is 36.8 Å². The number of nitrogens with two attached hydrogens (primary N) is 2. The van der Waals surface area contributed by atoms with Crippen LogP contribution in [0.4, 0.5) is 5.82 Å². The van der Waals surface area contributed by atoms with Gasteiger partial charge in [0.15, 0.2) is 11.5 Å². The number of rotatable bonds is 5. The van der Waals surface area contributed by atoms with Gasteiger partial charge in [0.1, 0.15) is 12.1 Å². The molecule has 2 aliphatic carbocycles. The molecule has 6 nitrogen and oxygen atoms in total. The summed E-state index contributed by atoms with van der Waals surface area (Å²) in [4.78, 5) is 8.83. The van der Waals surface area contributed by atoms with Gasteiger partial charge in [0.2, 0.25) is 0 Å². The van der Waals surface area contributed by atoms with E-state index in [1.807, 2.05) is 6.07 Å². The Hall–Kier alpha value is -2.34. The zero-order chi connectivity index (χ0) is 20.6. The van der Waals surface area contributed by atoms with Crippen molar-refractivity contribution in [1.82, 2.24) is 9.97 Å².